The molecule has 0 aliphatic carbocycles. The monoisotopic (exact) mass is 558 g/mol. The van der Waals surface area contributed by atoms with Gasteiger partial charge in [-0.1, -0.05) is 0 Å². The summed E-state index contributed by atoms with van der Waals surface area (Å²) in [4.78, 5) is 27.1. The zero-order chi connectivity index (χ0) is 28.2. The number of rotatable bonds is 9. The van der Waals surface area contributed by atoms with Gasteiger partial charge in [-0.2, -0.15) is 0 Å². The van der Waals surface area contributed by atoms with E-state index >= 15 is 0 Å². The summed E-state index contributed by atoms with van der Waals surface area (Å²) in [5.41, 5.74) is 3.72. The molecule has 0 unspecified atom stereocenters. The number of hydrogen-bond donors (Lipinski definition) is 0. The molecule has 0 atom stereocenters. The van der Waals surface area contributed by atoms with Crippen molar-refractivity contribution < 1.29 is 28.2 Å². The van der Waals surface area contributed by atoms with Gasteiger partial charge in [0.1, 0.15) is 35.4 Å². The van der Waals surface area contributed by atoms with E-state index in [9.17, 15) is 14.0 Å². The molecule has 1 aliphatic rings. The van der Waals surface area contributed by atoms with Crippen LogP contribution in [0, 0.1) is 19.7 Å². The number of aromatic nitrogens is 1. The van der Waals surface area contributed by atoms with Crippen LogP contribution in [0.2, 0.25) is 0 Å². The number of aryl methyl sites for hydroxylation is 1. The van der Waals surface area contributed by atoms with E-state index in [1.165, 1.54) is 29.2 Å². The molecule has 204 valence electrons. The van der Waals surface area contributed by atoms with Gasteiger partial charge in [0, 0.05) is 17.1 Å². The summed E-state index contributed by atoms with van der Waals surface area (Å²) >= 11 is 0.909. The molecule has 0 N–H and O–H groups in total. The lowest BCUT2D eigenvalue weighted by atomic mass is 10.2. The predicted molar refractivity (Wildman–Crippen MR) is 153 cm³/mol. The van der Waals surface area contributed by atoms with Crippen molar-refractivity contribution in [2.45, 2.75) is 13.8 Å². The molecular formula is C31H27FN2O5S. The van der Waals surface area contributed by atoms with Gasteiger partial charge in [0.2, 0.25) is 0 Å². The lowest BCUT2D eigenvalue weighted by Crippen LogP contribution is -2.32. The summed E-state index contributed by atoms with van der Waals surface area (Å²) in [6.07, 6.45) is 1.76. The quantitative estimate of drug-likeness (QED) is 0.203. The molecule has 4 aromatic rings. The molecule has 0 bridgehead atoms. The first-order valence-electron chi connectivity index (χ1n) is 12.6. The lowest BCUT2D eigenvalue weighted by molar-refractivity contribution is -0.123. The maximum absolute atomic E-state index is 13.1. The number of benzene rings is 3. The highest BCUT2D eigenvalue weighted by atomic mass is 32.2. The fourth-order valence-electron chi connectivity index (χ4n) is 4.39. The minimum atomic E-state index is -0.362. The summed E-state index contributed by atoms with van der Waals surface area (Å²) < 4.78 is 31.8. The smallest absolute Gasteiger partial charge is 0.293 e. The zero-order valence-electron chi connectivity index (χ0n) is 22.2. The van der Waals surface area contributed by atoms with Crippen LogP contribution in [0.1, 0.15) is 17.0 Å². The van der Waals surface area contributed by atoms with Gasteiger partial charge < -0.3 is 18.8 Å². The van der Waals surface area contributed by atoms with E-state index < -0.39 is 0 Å². The molecule has 1 aliphatic heterocycles. The fraction of sp³-hybridized carbons (Fsp3) is 0.161. The Bertz CT molecular complexity index is 1560. The Labute approximate surface area is 235 Å². The Morgan fingerprint density at radius 2 is 1.45 bits per heavy atom. The second kappa shape index (κ2) is 11.7. The minimum Gasteiger partial charge on any atom is -0.497 e. The topological polar surface area (TPSA) is 70.0 Å². The largest absolute Gasteiger partial charge is 0.497 e. The van der Waals surface area contributed by atoms with Crippen molar-refractivity contribution in [3.05, 3.63) is 107 Å². The number of carbonyl (C=O) groups is 2. The number of ether oxygens (including phenoxy) is 3. The van der Waals surface area contributed by atoms with E-state index in [1.54, 1.807) is 13.2 Å². The van der Waals surface area contributed by atoms with Crippen molar-refractivity contribution in [2.24, 2.45) is 0 Å². The zero-order valence-corrected chi connectivity index (χ0v) is 23.0. The molecule has 1 saturated heterocycles. The maximum Gasteiger partial charge on any atom is 0.293 e. The van der Waals surface area contributed by atoms with E-state index in [0.29, 0.717) is 22.2 Å². The Balaban J connectivity index is 1.26. The average Bonchev–Trinajstić information content (AvgIpc) is 3.39. The van der Waals surface area contributed by atoms with E-state index in [1.807, 2.05) is 68.4 Å². The standard InChI is InChI=1S/C31H27FN2O5S/c1-20-18-22(19-29-30(35)33(31(36)40-29)16-17-38-26-8-4-23(32)5-9-26)21(2)34(20)24-6-10-27(11-7-24)39-28-14-12-25(37-3)13-15-28/h4-15,18-19H,16-17H2,1-3H3/b29-19-. The third kappa shape index (κ3) is 5.89. The molecule has 3 aromatic carbocycles. The van der Waals surface area contributed by atoms with Crippen LogP contribution in [0.3, 0.4) is 0 Å². The number of imide groups is 1. The molecular weight excluding hydrogens is 531 g/mol. The van der Waals surface area contributed by atoms with Gasteiger partial charge in [0.25, 0.3) is 11.1 Å². The molecule has 1 aromatic heterocycles. The van der Waals surface area contributed by atoms with Crippen LogP contribution >= 0.6 is 11.8 Å². The minimum absolute atomic E-state index is 0.101. The number of carbonyl (C=O) groups excluding carboxylic acids is 2. The van der Waals surface area contributed by atoms with Crippen molar-refractivity contribution >= 4 is 29.0 Å². The van der Waals surface area contributed by atoms with Gasteiger partial charge in [0.15, 0.2) is 0 Å². The first kappa shape index (κ1) is 27.1. The molecule has 7 nitrogen and oxygen atoms in total. The van der Waals surface area contributed by atoms with Gasteiger partial charge >= 0.3 is 0 Å². The Morgan fingerprint density at radius 3 is 2.10 bits per heavy atom. The van der Waals surface area contributed by atoms with Crippen LogP contribution in [0.5, 0.6) is 23.0 Å². The second-order valence-corrected chi connectivity index (χ2v) is 10.1. The number of nitrogens with zero attached hydrogens (tertiary/aromatic N) is 2. The molecule has 0 saturated carbocycles. The number of halogens is 1. The summed E-state index contributed by atoms with van der Waals surface area (Å²) in [5, 5.41) is -0.347. The summed E-state index contributed by atoms with van der Waals surface area (Å²) in [6.45, 7) is 4.18. The Morgan fingerprint density at radius 1 is 0.850 bits per heavy atom. The third-order valence-corrected chi connectivity index (χ3v) is 7.33. The maximum atomic E-state index is 13.1. The first-order chi connectivity index (χ1) is 19.3. The van der Waals surface area contributed by atoms with Crippen LogP contribution in [0.15, 0.2) is 83.8 Å². The van der Waals surface area contributed by atoms with Crippen molar-refractivity contribution in [1.82, 2.24) is 9.47 Å². The lowest BCUT2D eigenvalue weighted by Gasteiger charge is -2.13. The normalized spacial score (nSPS) is 14.2. The van der Waals surface area contributed by atoms with Gasteiger partial charge in [-0.3, -0.25) is 14.5 Å². The van der Waals surface area contributed by atoms with Crippen LogP contribution in [0.25, 0.3) is 11.8 Å². The van der Waals surface area contributed by atoms with Crippen molar-refractivity contribution in [3.63, 3.8) is 0 Å². The van der Waals surface area contributed by atoms with Gasteiger partial charge in [-0.05, 0) is 116 Å². The Kier molecular flexibility index (Phi) is 7.93. The SMILES string of the molecule is COc1ccc(Oc2ccc(-n3c(C)cc(/C=C4\SC(=O)N(CCOc5ccc(F)cc5)C4=O)c3C)cc2)cc1. The molecule has 2 heterocycles. The molecule has 40 heavy (non-hydrogen) atoms. The first-order valence-corrected chi connectivity index (χ1v) is 13.4. The molecule has 5 rings (SSSR count). The van der Waals surface area contributed by atoms with Gasteiger partial charge in [0.05, 0.1) is 18.6 Å². The highest BCUT2D eigenvalue weighted by molar-refractivity contribution is 8.18. The number of hydrogen-bond acceptors (Lipinski definition) is 6. The Hall–Kier alpha value is -4.50. The number of thioether (sulfide) groups is 1. The molecule has 1 fully saturated rings. The highest BCUT2D eigenvalue weighted by Crippen LogP contribution is 2.34. The summed E-state index contributed by atoms with van der Waals surface area (Å²) in [6, 6.07) is 22.7. The van der Waals surface area contributed by atoms with Crippen molar-refractivity contribution in [2.75, 3.05) is 20.3 Å². The van der Waals surface area contributed by atoms with Gasteiger partial charge in [-0.15, -0.1) is 0 Å². The second-order valence-electron chi connectivity index (χ2n) is 9.07. The number of amides is 2. The van der Waals surface area contributed by atoms with E-state index in [0.717, 1.165) is 40.2 Å². The van der Waals surface area contributed by atoms with E-state index in [2.05, 4.69) is 4.57 Å². The van der Waals surface area contributed by atoms with Crippen LogP contribution < -0.4 is 14.2 Å². The third-order valence-electron chi connectivity index (χ3n) is 6.42. The van der Waals surface area contributed by atoms with Gasteiger partial charge in [-0.25, -0.2) is 4.39 Å². The predicted octanol–water partition coefficient (Wildman–Crippen LogP) is 7.15. The van der Waals surface area contributed by atoms with E-state index in [4.69, 9.17) is 14.2 Å². The molecule has 0 radical (unpaired) electrons. The average molecular weight is 559 g/mol. The van der Waals surface area contributed by atoms with E-state index in [-0.39, 0.29) is 30.1 Å². The molecule has 0 spiro atoms. The van der Waals surface area contributed by atoms with Crippen LogP contribution in [-0.2, 0) is 4.79 Å². The highest BCUT2D eigenvalue weighted by Gasteiger charge is 2.35. The molecule has 9 heteroatoms. The van der Waals surface area contributed by atoms with Crippen LogP contribution in [-0.4, -0.2) is 40.9 Å². The summed E-state index contributed by atoms with van der Waals surface area (Å²) in [5.74, 6) is 1.92. The summed E-state index contributed by atoms with van der Waals surface area (Å²) in [7, 11) is 1.62. The van der Waals surface area contributed by atoms with Crippen molar-refractivity contribution in [1.29, 1.82) is 0 Å². The number of methoxy groups -OCH3 is 1. The van der Waals surface area contributed by atoms with Crippen molar-refractivity contribution in [3.8, 4) is 28.7 Å². The van der Waals surface area contributed by atoms with Crippen LogP contribution in [0.4, 0.5) is 9.18 Å². The fourth-order valence-corrected chi connectivity index (χ4v) is 5.25. The molecule has 2 amide bonds.